The molecule has 4 aromatic rings. The molecule has 0 bridgehead atoms. The minimum Gasteiger partial charge on any atom is -0.494 e. The number of halogens is 2. The van der Waals surface area contributed by atoms with Gasteiger partial charge in [-0.2, -0.15) is 9.78 Å². The van der Waals surface area contributed by atoms with Crippen molar-refractivity contribution < 1.29 is 19.0 Å². The number of hydrogen-bond acceptors (Lipinski definition) is 7. The van der Waals surface area contributed by atoms with Crippen molar-refractivity contribution >= 4 is 68.3 Å². The summed E-state index contributed by atoms with van der Waals surface area (Å²) in [4.78, 5) is 30.4. The number of fused-ring (bicyclic) bond motifs is 1. The number of para-hydroxylation sites is 1. The van der Waals surface area contributed by atoms with E-state index in [4.69, 9.17) is 19.2 Å². The molecule has 41 heavy (non-hydrogen) atoms. The third-order valence-electron chi connectivity index (χ3n) is 6.26. The Labute approximate surface area is 266 Å². The Morgan fingerprint density at radius 3 is 2.41 bits per heavy atom. The topological polar surface area (TPSA) is 92.0 Å². The Bertz CT molecular complexity index is 1660. The van der Waals surface area contributed by atoms with E-state index in [1.165, 1.54) is 4.68 Å². The average molecular weight is 779 g/mol. The maximum atomic E-state index is 13.8. The first-order valence-electron chi connectivity index (χ1n) is 13.3. The molecular formula is C31H31I2N3O5. The molecule has 10 heteroatoms. The highest BCUT2D eigenvalue weighted by atomic mass is 127. The van der Waals surface area contributed by atoms with E-state index in [2.05, 4.69) is 70.2 Å². The van der Waals surface area contributed by atoms with Crippen molar-refractivity contribution in [2.75, 3.05) is 19.8 Å². The third kappa shape index (κ3) is 7.08. The molecular weight excluding hydrogens is 748 g/mol. The van der Waals surface area contributed by atoms with E-state index in [0.29, 0.717) is 35.7 Å². The van der Waals surface area contributed by atoms with Crippen molar-refractivity contribution in [1.82, 2.24) is 9.66 Å². The number of aryl methyl sites for hydroxylation is 1. The van der Waals surface area contributed by atoms with Crippen LogP contribution in [0.2, 0.25) is 0 Å². The van der Waals surface area contributed by atoms with Crippen LogP contribution in [-0.4, -0.2) is 41.7 Å². The van der Waals surface area contributed by atoms with Crippen molar-refractivity contribution in [2.24, 2.45) is 5.10 Å². The zero-order valence-electron chi connectivity index (χ0n) is 23.5. The van der Waals surface area contributed by atoms with E-state index < -0.39 is 5.97 Å². The lowest BCUT2D eigenvalue weighted by atomic mass is 9.96. The van der Waals surface area contributed by atoms with Gasteiger partial charge in [-0.25, -0.2) is 9.78 Å². The molecule has 214 valence electrons. The van der Waals surface area contributed by atoms with Crippen LogP contribution in [0.25, 0.3) is 22.3 Å². The number of esters is 1. The molecule has 0 spiro atoms. The molecule has 0 aliphatic carbocycles. The van der Waals surface area contributed by atoms with Crippen molar-refractivity contribution in [3.8, 4) is 22.9 Å². The van der Waals surface area contributed by atoms with Crippen LogP contribution in [0, 0.1) is 14.1 Å². The van der Waals surface area contributed by atoms with Gasteiger partial charge in [0.25, 0.3) is 5.56 Å². The summed E-state index contributed by atoms with van der Waals surface area (Å²) in [6.45, 7) is 10.6. The highest BCUT2D eigenvalue weighted by molar-refractivity contribution is 14.1. The predicted octanol–water partition coefficient (Wildman–Crippen LogP) is 6.93. The Kier molecular flexibility index (Phi) is 10.4. The Morgan fingerprint density at radius 2 is 1.76 bits per heavy atom. The van der Waals surface area contributed by atoms with Gasteiger partial charge in [0, 0.05) is 5.56 Å². The number of carbonyl (C=O) groups is 1. The molecule has 0 N–H and O–H groups in total. The van der Waals surface area contributed by atoms with Gasteiger partial charge in [0.2, 0.25) is 0 Å². The zero-order chi connectivity index (χ0) is 29.7. The Hall–Kier alpha value is -3.00. The molecule has 0 amide bonds. The third-order valence-corrected chi connectivity index (χ3v) is 7.86. The summed E-state index contributed by atoms with van der Waals surface area (Å²) in [5.74, 6) is 1.65. The number of aromatic nitrogens is 2. The molecule has 0 aliphatic rings. The fourth-order valence-electron chi connectivity index (χ4n) is 4.33. The molecule has 0 fully saturated rings. The number of carbonyl (C=O) groups excluding carboxylic acids is 1. The largest absolute Gasteiger partial charge is 0.494 e. The van der Waals surface area contributed by atoms with Crippen LogP contribution in [0.5, 0.6) is 11.5 Å². The van der Waals surface area contributed by atoms with Crippen LogP contribution >= 0.6 is 45.2 Å². The first-order valence-corrected chi connectivity index (χ1v) is 15.4. The minimum absolute atomic E-state index is 0.172. The maximum absolute atomic E-state index is 13.8. The first-order chi connectivity index (χ1) is 19.6. The van der Waals surface area contributed by atoms with Gasteiger partial charge >= 0.3 is 5.97 Å². The number of nitrogens with zero attached hydrogens (tertiary/aromatic N) is 3. The second-order valence-corrected chi connectivity index (χ2v) is 11.8. The Balaban J connectivity index is 1.82. The lowest BCUT2D eigenvalue weighted by Gasteiger charge is -2.18. The highest BCUT2D eigenvalue weighted by Gasteiger charge is 2.19. The van der Waals surface area contributed by atoms with Gasteiger partial charge < -0.3 is 14.2 Å². The smallest absolute Gasteiger partial charge is 0.344 e. The summed E-state index contributed by atoms with van der Waals surface area (Å²) >= 11 is 4.31. The molecule has 0 saturated carbocycles. The van der Waals surface area contributed by atoms with Crippen LogP contribution in [0.1, 0.15) is 50.3 Å². The van der Waals surface area contributed by atoms with Crippen molar-refractivity contribution in [1.29, 1.82) is 0 Å². The number of benzene rings is 3. The van der Waals surface area contributed by atoms with Crippen molar-refractivity contribution in [3.63, 3.8) is 0 Å². The van der Waals surface area contributed by atoms with E-state index in [0.717, 1.165) is 35.1 Å². The standard InChI is InChI=1S/C31H31I2N3O5/c1-6-39-27-12-19(5)23(15-22(27)18(3)4)30-35-26-11-9-8-10-21(26)31(38)36(30)34-16-20-13-24(32)29(25(33)14-20)41-17-28(37)40-7-2/h8-16,18H,6-7,17H2,1-5H3. The van der Waals surface area contributed by atoms with E-state index >= 15 is 0 Å². The van der Waals surface area contributed by atoms with Crippen LogP contribution in [0.3, 0.4) is 0 Å². The van der Waals surface area contributed by atoms with E-state index in [9.17, 15) is 9.59 Å². The molecule has 0 unspecified atom stereocenters. The van der Waals surface area contributed by atoms with E-state index in [1.807, 2.05) is 50.2 Å². The quantitative estimate of drug-likeness (QED) is 0.0986. The fraction of sp³-hybridized carbons (Fsp3) is 0.290. The highest BCUT2D eigenvalue weighted by Crippen LogP contribution is 2.34. The molecule has 0 radical (unpaired) electrons. The summed E-state index contributed by atoms with van der Waals surface area (Å²) in [5, 5.41) is 5.13. The minimum atomic E-state index is -0.425. The molecule has 4 rings (SSSR count). The molecule has 3 aromatic carbocycles. The van der Waals surface area contributed by atoms with Crippen molar-refractivity contribution in [2.45, 2.75) is 40.5 Å². The normalized spacial score (nSPS) is 11.4. The molecule has 0 atom stereocenters. The SMILES string of the molecule is CCOC(=O)COc1c(I)cc(C=Nn2c(-c3cc(C(C)C)c(OCC)cc3C)nc3ccccc3c2=O)cc1I. The van der Waals surface area contributed by atoms with Gasteiger partial charge in [-0.15, -0.1) is 0 Å². The number of ether oxygens (including phenoxy) is 3. The van der Waals surface area contributed by atoms with Crippen LogP contribution < -0.4 is 15.0 Å². The van der Waals surface area contributed by atoms with Gasteiger partial charge in [-0.05, 0) is 125 Å². The number of hydrogen-bond donors (Lipinski definition) is 0. The summed E-state index contributed by atoms with van der Waals surface area (Å²) in [7, 11) is 0. The molecule has 8 nitrogen and oxygen atoms in total. The average Bonchev–Trinajstić information content (AvgIpc) is 2.92. The summed E-state index contributed by atoms with van der Waals surface area (Å²) in [5.41, 5.74) is 3.87. The molecule has 0 saturated heterocycles. The fourth-order valence-corrected chi connectivity index (χ4v) is 6.45. The first kappa shape index (κ1) is 30.9. The van der Waals surface area contributed by atoms with Gasteiger partial charge in [0.05, 0.1) is 37.5 Å². The molecule has 0 aliphatic heterocycles. The Morgan fingerprint density at radius 1 is 1.05 bits per heavy atom. The van der Waals surface area contributed by atoms with Gasteiger partial charge in [-0.3, -0.25) is 4.79 Å². The zero-order valence-corrected chi connectivity index (χ0v) is 27.8. The van der Waals surface area contributed by atoms with Crippen LogP contribution in [0.4, 0.5) is 0 Å². The maximum Gasteiger partial charge on any atom is 0.344 e. The molecule has 1 heterocycles. The van der Waals surface area contributed by atoms with Gasteiger partial charge in [-0.1, -0.05) is 26.0 Å². The van der Waals surface area contributed by atoms with Crippen molar-refractivity contribution in [3.05, 3.63) is 82.7 Å². The summed E-state index contributed by atoms with van der Waals surface area (Å²) < 4.78 is 19.5. The van der Waals surface area contributed by atoms with Gasteiger partial charge in [0.15, 0.2) is 12.4 Å². The second kappa shape index (κ2) is 13.8. The lowest BCUT2D eigenvalue weighted by Crippen LogP contribution is -2.21. The second-order valence-electron chi connectivity index (χ2n) is 9.51. The van der Waals surface area contributed by atoms with Crippen LogP contribution in [0.15, 0.2) is 58.4 Å². The lowest BCUT2D eigenvalue weighted by molar-refractivity contribution is -0.145. The van der Waals surface area contributed by atoms with Crippen LogP contribution in [-0.2, 0) is 9.53 Å². The van der Waals surface area contributed by atoms with Gasteiger partial charge in [0.1, 0.15) is 11.5 Å². The summed E-state index contributed by atoms with van der Waals surface area (Å²) in [6.07, 6.45) is 1.63. The van der Waals surface area contributed by atoms with E-state index in [1.54, 1.807) is 19.2 Å². The predicted molar refractivity (Wildman–Crippen MR) is 178 cm³/mol. The summed E-state index contributed by atoms with van der Waals surface area (Å²) in [6, 6.07) is 15.1. The van der Waals surface area contributed by atoms with E-state index in [-0.39, 0.29) is 18.1 Å². The monoisotopic (exact) mass is 779 g/mol. The molecule has 1 aromatic heterocycles. The number of rotatable bonds is 10.